The number of halogens is 1. The standard InChI is InChI=1S/C16H16ClN5O/c1-11(22-8-7-21-6-5-18-14(21)10-22)15-19-20-16(23-15)12-3-2-4-13(17)9-12/h2-6,9,11H,7-8,10H2,1H3. The third-order valence-corrected chi connectivity index (χ3v) is 4.43. The fourth-order valence-corrected chi connectivity index (χ4v) is 3.01. The zero-order valence-electron chi connectivity index (χ0n) is 12.7. The van der Waals surface area contributed by atoms with Gasteiger partial charge in [-0.05, 0) is 25.1 Å². The summed E-state index contributed by atoms with van der Waals surface area (Å²) >= 11 is 6.02. The van der Waals surface area contributed by atoms with Crippen molar-refractivity contribution >= 4 is 11.6 Å². The van der Waals surface area contributed by atoms with Gasteiger partial charge in [-0.1, -0.05) is 17.7 Å². The number of aromatic nitrogens is 4. The van der Waals surface area contributed by atoms with Gasteiger partial charge in [-0.15, -0.1) is 10.2 Å². The minimum atomic E-state index is 0.0425. The van der Waals surface area contributed by atoms with Crippen LogP contribution in [0.4, 0.5) is 0 Å². The van der Waals surface area contributed by atoms with Crippen molar-refractivity contribution in [2.45, 2.75) is 26.1 Å². The molecule has 3 aromatic rings. The summed E-state index contributed by atoms with van der Waals surface area (Å²) < 4.78 is 8.03. The van der Waals surface area contributed by atoms with Crippen LogP contribution in [0.5, 0.6) is 0 Å². The smallest absolute Gasteiger partial charge is 0.247 e. The van der Waals surface area contributed by atoms with Gasteiger partial charge in [0.2, 0.25) is 11.8 Å². The van der Waals surface area contributed by atoms with Crippen LogP contribution in [0.2, 0.25) is 5.02 Å². The number of hydrogen-bond acceptors (Lipinski definition) is 5. The fraction of sp³-hybridized carbons (Fsp3) is 0.312. The lowest BCUT2D eigenvalue weighted by Crippen LogP contribution is -2.35. The van der Waals surface area contributed by atoms with Crippen LogP contribution in [0.3, 0.4) is 0 Å². The van der Waals surface area contributed by atoms with Gasteiger partial charge in [-0.3, -0.25) is 4.90 Å². The maximum atomic E-state index is 6.02. The molecule has 0 fully saturated rings. The summed E-state index contributed by atoms with van der Waals surface area (Å²) in [4.78, 5) is 6.67. The summed E-state index contributed by atoms with van der Waals surface area (Å²) in [6, 6.07) is 7.46. The molecule has 6 nitrogen and oxygen atoms in total. The third kappa shape index (κ3) is 2.75. The van der Waals surface area contributed by atoms with Gasteiger partial charge in [0.05, 0.1) is 12.6 Å². The first kappa shape index (κ1) is 14.4. The lowest BCUT2D eigenvalue weighted by molar-refractivity contribution is 0.143. The molecule has 23 heavy (non-hydrogen) atoms. The van der Waals surface area contributed by atoms with E-state index in [0.29, 0.717) is 16.8 Å². The molecule has 0 bridgehead atoms. The Bertz CT molecular complexity index is 827. The molecule has 0 spiro atoms. The highest BCUT2D eigenvalue weighted by atomic mass is 35.5. The van der Waals surface area contributed by atoms with E-state index < -0.39 is 0 Å². The fourth-order valence-electron chi connectivity index (χ4n) is 2.82. The predicted octanol–water partition coefficient (Wildman–Crippen LogP) is 3.16. The summed E-state index contributed by atoms with van der Waals surface area (Å²) in [6.45, 7) is 4.71. The molecule has 0 saturated carbocycles. The van der Waals surface area contributed by atoms with Crippen LogP contribution in [-0.4, -0.2) is 31.2 Å². The van der Waals surface area contributed by atoms with E-state index in [-0.39, 0.29) is 6.04 Å². The Morgan fingerprint density at radius 1 is 1.26 bits per heavy atom. The molecule has 1 aromatic carbocycles. The Kier molecular flexibility index (Phi) is 3.63. The van der Waals surface area contributed by atoms with Crippen LogP contribution in [0, 0.1) is 0 Å². The average molecular weight is 330 g/mol. The van der Waals surface area contributed by atoms with E-state index in [1.165, 1.54) is 0 Å². The molecule has 0 amide bonds. The first-order valence-electron chi connectivity index (χ1n) is 7.54. The molecule has 0 saturated heterocycles. The highest BCUT2D eigenvalue weighted by Gasteiger charge is 2.26. The Morgan fingerprint density at radius 3 is 3.04 bits per heavy atom. The molecule has 0 aliphatic carbocycles. The van der Waals surface area contributed by atoms with Crippen molar-refractivity contribution < 1.29 is 4.42 Å². The zero-order chi connectivity index (χ0) is 15.8. The molecule has 7 heteroatoms. The van der Waals surface area contributed by atoms with Crippen molar-refractivity contribution in [2.24, 2.45) is 0 Å². The molecule has 1 unspecified atom stereocenters. The maximum Gasteiger partial charge on any atom is 0.247 e. The summed E-state index contributed by atoms with van der Waals surface area (Å²) in [5, 5.41) is 9.02. The van der Waals surface area contributed by atoms with Gasteiger partial charge in [-0.2, -0.15) is 0 Å². The SMILES string of the molecule is CC(c1nnc(-c2cccc(Cl)c2)o1)N1CCn2ccnc2C1. The highest BCUT2D eigenvalue weighted by Crippen LogP contribution is 2.27. The second-order valence-corrected chi connectivity index (χ2v) is 6.08. The largest absolute Gasteiger partial charge is 0.419 e. The molecule has 3 heterocycles. The van der Waals surface area contributed by atoms with Gasteiger partial charge in [-0.25, -0.2) is 4.98 Å². The number of benzene rings is 1. The summed E-state index contributed by atoms with van der Waals surface area (Å²) in [5.74, 6) is 2.17. The second-order valence-electron chi connectivity index (χ2n) is 5.64. The predicted molar refractivity (Wildman–Crippen MR) is 85.8 cm³/mol. The van der Waals surface area contributed by atoms with Crippen molar-refractivity contribution in [2.75, 3.05) is 6.54 Å². The van der Waals surface area contributed by atoms with Gasteiger partial charge in [0.1, 0.15) is 5.82 Å². The van der Waals surface area contributed by atoms with Crippen LogP contribution in [0.25, 0.3) is 11.5 Å². The van der Waals surface area contributed by atoms with Crippen molar-refractivity contribution in [1.29, 1.82) is 0 Å². The molecule has 0 N–H and O–H groups in total. The normalized spacial score (nSPS) is 16.3. The van der Waals surface area contributed by atoms with Crippen molar-refractivity contribution in [3.63, 3.8) is 0 Å². The van der Waals surface area contributed by atoms with Gasteiger partial charge in [0, 0.05) is 36.1 Å². The topological polar surface area (TPSA) is 60.0 Å². The molecular formula is C16H16ClN5O. The lowest BCUT2D eigenvalue weighted by Gasteiger charge is -2.30. The minimum absolute atomic E-state index is 0.0425. The van der Waals surface area contributed by atoms with E-state index in [9.17, 15) is 0 Å². The van der Waals surface area contributed by atoms with E-state index >= 15 is 0 Å². The number of rotatable bonds is 3. The molecular weight excluding hydrogens is 314 g/mol. The van der Waals surface area contributed by atoms with E-state index in [2.05, 4.69) is 31.6 Å². The van der Waals surface area contributed by atoms with Gasteiger partial charge in [0.25, 0.3) is 0 Å². The summed E-state index contributed by atoms with van der Waals surface area (Å²) in [6.07, 6.45) is 3.86. The highest BCUT2D eigenvalue weighted by molar-refractivity contribution is 6.30. The Balaban J connectivity index is 1.55. The van der Waals surface area contributed by atoms with Crippen LogP contribution in [0.15, 0.2) is 41.1 Å². The first-order valence-corrected chi connectivity index (χ1v) is 7.92. The number of fused-ring (bicyclic) bond motifs is 1. The molecule has 118 valence electrons. The Hall–Kier alpha value is -2.18. The molecule has 0 radical (unpaired) electrons. The van der Waals surface area contributed by atoms with Crippen molar-refractivity contribution in [3.05, 3.63) is 53.4 Å². The zero-order valence-corrected chi connectivity index (χ0v) is 13.4. The first-order chi connectivity index (χ1) is 11.2. The van der Waals surface area contributed by atoms with Crippen LogP contribution >= 0.6 is 11.6 Å². The molecule has 2 aromatic heterocycles. The van der Waals surface area contributed by atoms with Crippen molar-refractivity contribution in [1.82, 2.24) is 24.6 Å². The van der Waals surface area contributed by atoms with E-state index in [4.69, 9.17) is 16.0 Å². The van der Waals surface area contributed by atoms with Crippen LogP contribution in [-0.2, 0) is 13.1 Å². The Morgan fingerprint density at radius 2 is 2.17 bits per heavy atom. The van der Waals surface area contributed by atoms with Gasteiger partial charge >= 0.3 is 0 Å². The maximum absolute atomic E-state index is 6.02. The third-order valence-electron chi connectivity index (χ3n) is 4.19. The second kappa shape index (κ2) is 5.79. The molecule has 1 aliphatic rings. The quantitative estimate of drug-likeness (QED) is 0.738. The number of imidazole rings is 1. The van der Waals surface area contributed by atoms with E-state index in [1.807, 2.05) is 36.7 Å². The average Bonchev–Trinajstić information content (AvgIpc) is 3.22. The van der Waals surface area contributed by atoms with E-state index in [0.717, 1.165) is 31.0 Å². The molecule has 1 atom stereocenters. The van der Waals surface area contributed by atoms with Gasteiger partial charge in [0.15, 0.2) is 0 Å². The van der Waals surface area contributed by atoms with Crippen LogP contribution < -0.4 is 0 Å². The number of hydrogen-bond donors (Lipinski definition) is 0. The summed E-state index contributed by atoms with van der Waals surface area (Å²) in [5.41, 5.74) is 0.831. The summed E-state index contributed by atoms with van der Waals surface area (Å²) in [7, 11) is 0. The van der Waals surface area contributed by atoms with Gasteiger partial charge < -0.3 is 8.98 Å². The van der Waals surface area contributed by atoms with E-state index in [1.54, 1.807) is 0 Å². The Labute approximate surface area is 138 Å². The van der Waals surface area contributed by atoms with Crippen LogP contribution in [0.1, 0.15) is 24.7 Å². The monoisotopic (exact) mass is 329 g/mol. The number of nitrogens with zero attached hydrogens (tertiary/aromatic N) is 5. The molecule has 1 aliphatic heterocycles. The van der Waals surface area contributed by atoms with Crippen molar-refractivity contribution in [3.8, 4) is 11.5 Å². The minimum Gasteiger partial charge on any atom is -0.419 e. The molecule has 4 rings (SSSR count). The lowest BCUT2D eigenvalue weighted by atomic mass is 10.2.